The Morgan fingerprint density at radius 3 is 2.84 bits per heavy atom. The summed E-state index contributed by atoms with van der Waals surface area (Å²) in [4.78, 5) is 23.5. The van der Waals surface area contributed by atoms with E-state index in [2.05, 4.69) is 20.8 Å². The van der Waals surface area contributed by atoms with E-state index in [4.69, 9.17) is 16.0 Å². The lowest BCUT2D eigenvalue weighted by Gasteiger charge is -2.11. The summed E-state index contributed by atoms with van der Waals surface area (Å²) in [6, 6.07) is 6.75. The van der Waals surface area contributed by atoms with Crippen molar-refractivity contribution in [2.75, 3.05) is 5.75 Å². The maximum Gasteiger partial charge on any atom is 0.321 e. The fraction of sp³-hybridized carbons (Fsp3) is 0.375. The lowest BCUT2D eigenvalue weighted by molar-refractivity contribution is -0.117. The van der Waals surface area contributed by atoms with Crippen LogP contribution in [0.1, 0.15) is 25.7 Å². The van der Waals surface area contributed by atoms with Crippen LogP contribution in [0.4, 0.5) is 4.79 Å². The van der Waals surface area contributed by atoms with E-state index in [-0.39, 0.29) is 17.0 Å². The maximum atomic E-state index is 11.8. The molecule has 1 aliphatic carbocycles. The Hall–Kier alpha value is -2.06. The van der Waals surface area contributed by atoms with Crippen molar-refractivity contribution in [2.45, 2.75) is 36.9 Å². The number of hydrogen-bond donors (Lipinski definition) is 2. The molecule has 3 amide bonds. The molecule has 25 heavy (non-hydrogen) atoms. The molecule has 0 bridgehead atoms. The smallest absolute Gasteiger partial charge is 0.321 e. The van der Waals surface area contributed by atoms with Gasteiger partial charge >= 0.3 is 6.03 Å². The second-order valence-corrected chi connectivity index (χ2v) is 7.04. The predicted molar refractivity (Wildman–Crippen MR) is 94.4 cm³/mol. The number of nitrogens with zero attached hydrogens (tertiary/aromatic N) is 2. The van der Waals surface area contributed by atoms with Crippen molar-refractivity contribution >= 4 is 35.3 Å². The zero-order chi connectivity index (χ0) is 17.6. The molecule has 2 aromatic rings. The van der Waals surface area contributed by atoms with E-state index in [1.165, 1.54) is 0 Å². The van der Waals surface area contributed by atoms with Gasteiger partial charge in [0, 0.05) is 16.6 Å². The first-order valence-electron chi connectivity index (χ1n) is 7.93. The van der Waals surface area contributed by atoms with E-state index in [0.29, 0.717) is 16.5 Å². The average Bonchev–Trinajstić information content (AvgIpc) is 3.24. The Morgan fingerprint density at radius 1 is 1.28 bits per heavy atom. The van der Waals surface area contributed by atoms with Crippen molar-refractivity contribution in [3.05, 3.63) is 29.3 Å². The molecule has 0 spiro atoms. The van der Waals surface area contributed by atoms with Crippen LogP contribution in [0.25, 0.3) is 11.5 Å². The highest BCUT2D eigenvalue weighted by Gasteiger charge is 2.18. The third-order valence-electron chi connectivity index (χ3n) is 3.75. The molecule has 0 radical (unpaired) electrons. The van der Waals surface area contributed by atoms with Crippen LogP contribution in [0.5, 0.6) is 0 Å². The molecule has 1 aromatic heterocycles. The molecule has 1 fully saturated rings. The minimum Gasteiger partial charge on any atom is -0.411 e. The highest BCUT2D eigenvalue weighted by atomic mass is 35.5. The summed E-state index contributed by atoms with van der Waals surface area (Å²) in [5.41, 5.74) is 0.701. The number of halogens is 1. The Morgan fingerprint density at radius 2 is 2.08 bits per heavy atom. The number of urea groups is 1. The van der Waals surface area contributed by atoms with Gasteiger partial charge in [0.05, 0.1) is 5.75 Å². The Labute approximate surface area is 153 Å². The van der Waals surface area contributed by atoms with Crippen LogP contribution in [0.15, 0.2) is 33.9 Å². The molecular formula is C16H17ClN4O3S. The summed E-state index contributed by atoms with van der Waals surface area (Å²) >= 11 is 7.00. The van der Waals surface area contributed by atoms with E-state index < -0.39 is 11.9 Å². The first-order valence-corrected chi connectivity index (χ1v) is 9.29. The number of carbonyl (C=O) groups excluding carboxylic acids is 2. The van der Waals surface area contributed by atoms with Crippen LogP contribution in [0, 0.1) is 0 Å². The van der Waals surface area contributed by atoms with E-state index in [9.17, 15) is 9.59 Å². The van der Waals surface area contributed by atoms with Gasteiger partial charge in [-0.25, -0.2) is 4.79 Å². The summed E-state index contributed by atoms with van der Waals surface area (Å²) in [5, 5.41) is 13.7. The fourth-order valence-electron chi connectivity index (χ4n) is 2.59. The summed E-state index contributed by atoms with van der Waals surface area (Å²) < 4.78 is 5.49. The number of rotatable bonds is 5. The molecular weight excluding hydrogens is 364 g/mol. The molecule has 9 heteroatoms. The van der Waals surface area contributed by atoms with Crippen molar-refractivity contribution in [3.8, 4) is 11.5 Å². The molecule has 132 valence electrons. The highest BCUT2D eigenvalue weighted by molar-refractivity contribution is 7.99. The van der Waals surface area contributed by atoms with Crippen molar-refractivity contribution in [3.63, 3.8) is 0 Å². The molecule has 1 aromatic carbocycles. The van der Waals surface area contributed by atoms with Crippen LogP contribution < -0.4 is 10.6 Å². The Kier molecular flexibility index (Phi) is 5.93. The molecule has 1 saturated carbocycles. The van der Waals surface area contributed by atoms with Crippen LogP contribution in [0.3, 0.4) is 0 Å². The van der Waals surface area contributed by atoms with Gasteiger partial charge in [-0.1, -0.05) is 42.3 Å². The third-order valence-corrected chi connectivity index (χ3v) is 4.80. The molecule has 0 saturated heterocycles. The molecule has 2 N–H and O–H groups in total. The SMILES string of the molecule is O=C(CSc1nnc(-c2cccc(Cl)c2)o1)NC(=O)NC1CCCC1. The molecule has 7 nitrogen and oxygen atoms in total. The second-order valence-electron chi connectivity index (χ2n) is 5.68. The topological polar surface area (TPSA) is 97.1 Å². The number of amides is 3. The van der Waals surface area contributed by atoms with Gasteiger partial charge in [0.25, 0.3) is 5.22 Å². The van der Waals surface area contributed by atoms with E-state index in [1.807, 2.05) is 0 Å². The standard InChI is InChI=1S/C16H17ClN4O3S/c17-11-5-3-4-10(8-11)14-20-21-16(24-14)25-9-13(22)19-15(23)18-12-6-1-2-7-12/h3-5,8,12H,1-2,6-7,9H2,(H2,18,19,22,23). The zero-order valence-corrected chi connectivity index (χ0v) is 14.9. The van der Waals surface area contributed by atoms with Crippen molar-refractivity contribution in [1.29, 1.82) is 0 Å². The monoisotopic (exact) mass is 380 g/mol. The van der Waals surface area contributed by atoms with Gasteiger partial charge in [-0.2, -0.15) is 0 Å². The Balaban J connectivity index is 1.46. The fourth-order valence-corrected chi connectivity index (χ4v) is 3.34. The molecule has 0 unspecified atom stereocenters. The van der Waals surface area contributed by atoms with Crippen molar-refractivity contribution in [2.24, 2.45) is 0 Å². The maximum absolute atomic E-state index is 11.8. The van der Waals surface area contributed by atoms with Gasteiger partial charge in [-0.3, -0.25) is 10.1 Å². The third kappa shape index (κ3) is 5.20. The van der Waals surface area contributed by atoms with Gasteiger partial charge in [-0.05, 0) is 31.0 Å². The van der Waals surface area contributed by atoms with Crippen molar-refractivity contribution in [1.82, 2.24) is 20.8 Å². The van der Waals surface area contributed by atoms with Crippen LogP contribution in [-0.4, -0.2) is 33.9 Å². The molecule has 1 aliphatic rings. The quantitative estimate of drug-likeness (QED) is 0.773. The number of nitrogens with one attached hydrogen (secondary N) is 2. The molecule has 1 heterocycles. The number of carbonyl (C=O) groups is 2. The summed E-state index contributed by atoms with van der Waals surface area (Å²) in [5.74, 6) is -0.0812. The number of thioether (sulfide) groups is 1. The lowest BCUT2D eigenvalue weighted by Crippen LogP contribution is -2.44. The first kappa shape index (κ1) is 17.8. The van der Waals surface area contributed by atoms with Crippen molar-refractivity contribution < 1.29 is 14.0 Å². The highest BCUT2D eigenvalue weighted by Crippen LogP contribution is 2.25. The predicted octanol–water partition coefficient (Wildman–Crippen LogP) is 3.25. The summed E-state index contributed by atoms with van der Waals surface area (Å²) in [7, 11) is 0. The van der Waals surface area contributed by atoms with Gasteiger partial charge in [-0.15, -0.1) is 10.2 Å². The van der Waals surface area contributed by atoms with Crippen LogP contribution in [-0.2, 0) is 4.79 Å². The first-order chi connectivity index (χ1) is 12.1. The van der Waals surface area contributed by atoms with E-state index in [0.717, 1.165) is 37.4 Å². The number of aromatic nitrogens is 2. The van der Waals surface area contributed by atoms with Crippen LogP contribution in [0.2, 0.25) is 5.02 Å². The summed E-state index contributed by atoms with van der Waals surface area (Å²) in [6.45, 7) is 0. The molecule has 3 rings (SSSR count). The van der Waals surface area contributed by atoms with Gasteiger partial charge < -0.3 is 9.73 Å². The minimum absolute atomic E-state index is 0.00919. The minimum atomic E-state index is -0.456. The van der Waals surface area contributed by atoms with Crippen LogP contribution >= 0.6 is 23.4 Å². The molecule has 0 atom stereocenters. The normalized spacial score (nSPS) is 14.4. The average molecular weight is 381 g/mol. The van der Waals surface area contributed by atoms with Gasteiger partial charge in [0.1, 0.15) is 0 Å². The van der Waals surface area contributed by atoms with Gasteiger partial charge in [0.15, 0.2) is 0 Å². The summed E-state index contributed by atoms with van der Waals surface area (Å²) in [6.07, 6.45) is 4.15. The zero-order valence-electron chi connectivity index (χ0n) is 13.3. The van der Waals surface area contributed by atoms with E-state index >= 15 is 0 Å². The van der Waals surface area contributed by atoms with E-state index in [1.54, 1.807) is 24.3 Å². The second kappa shape index (κ2) is 8.35. The molecule has 0 aliphatic heterocycles. The largest absolute Gasteiger partial charge is 0.411 e. The Bertz CT molecular complexity index is 761. The number of benzene rings is 1. The number of imide groups is 1. The lowest BCUT2D eigenvalue weighted by atomic mass is 10.2. The number of hydrogen-bond acceptors (Lipinski definition) is 6. The van der Waals surface area contributed by atoms with Gasteiger partial charge in [0.2, 0.25) is 11.8 Å².